The second kappa shape index (κ2) is 40.8. The zero-order chi connectivity index (χ0) is 101. The maximum atomic E-state index is 6.35. The van der Waals surface area contributed by atoms with Gasteiger partial charge in [-0.1, -0.05) is 407 Å². The van der Waals surface area contributed by atoms with Crippen molar-refractivity contribution in [3.63, 3.8) is 0 Å². The number of para-hydroxylation sites is 7. The van der Waals surface area contributed by atoms with Crippen molar-refractivity contribution in [1.29, 1.82) is 0 Å². The van der Waals surface area contributed by atoms with Gasteiger partial charge in [0.2, 0.25) is 0 Å². The minimum atomic E-state index is -0.0184. The maximum Gasteiger partial charge on any atom is 0.135 e. The van der Waals surface area contributed by atoms with Crippen molar-refractivity contribution >= 4 is 147 Å². The van der Waals surface area contributed by atoms with Crippen molar-refractivity contribution in [1.82, 2.24) is 0 Å². The first kappa shape index (κ1) is 95.0. The molecule has 8 nitrogen and oxygen atoms in total. The fraction of sp³-hybridized carbons (Fsp3) is 0.0441. The van der Waals surface area contributed by atoms with Gasteiger partial charge in [0.05, 0.1) is 0 Å². The number of nitrogens with zero attached hydrogens (tertiary/aromatic N) is 1. The lowest BCUT2D eigenvalue weighted by molar-refractivity contribution is 0.487. The number of hydrogen-bond acceptors (Lipinski definition) is 8. The van der Waals surface area contributed by atoms with E-state index in [-0.39, 0.29) is 10.8 Å². The largest absolute Gasteiger partial charge is 0.456 e. The lowest BCUT2D eigenvalue weighted by Crippen LogP contribution is -2.15. The van der Waals surface area contributed by atoms with Gasteiger partial charge in [0.15, 0.2) is 0 Å². The highest BCUT2D eigenvalue weighted by molar-refractivity contribution is 9.11. The number of rotatable bonds is 8. The number of anilines is 7. The summed E-state index contributed by atoms with van der Waals surface area (Å²) >= 11 is 13.8. The Morgan fingerprint density at radius 1 is 0.203 bits per heavy atom. The van der Waals surface area contributed by atoms with Crippen LogP contribution in [-0.2, 0) is 10.8 Å². The number of halogens is 4. The molecule has 0 spiro atoms. The first-order valence-corrected chi connectivity index (χ1v) is 52.6. The molecule has 6 aliphatic rings. The van der Waals surface area contributed by atoms with Crippen LogP contribution in [0.2, 0.25) is 0 Å². The predicted molar refractivity (Wildman–Crippen MR) is 633 cm³/mol. The number of fused-ring (bicyclic) bond motifs is 14. The van der Waals surface area contributed by atoms with Crippen LogP contribution in [0.25, 0.3) is 143 Å². The van der Waals surface area contributed by atoms with E-state index in [2.05, 4.69) is 441 Å². The molecule has 23 aromatic rings. The fourth-order valence-electron chi connectivity index (χ4n) is 21.4. The molecule has 0 aromatic heterocycles. The quantitative estimate of drug-likeness (QED) is 0.129. The normalized spacial score (nSPS) is 12.4. The molecule has 4 aliphatic heterocycles. The minimum Gasteiger partial charge on any atom is -0.456 e. The van der Waals surface area contributed by atoms with Gasteiger partial charge in [-0.15, -0.1) is 0 Å². The Labute approximate surface area is 895 Å². The Kier molecular flexibility index (Phi) is 26.2. The maximum absolute atomic E-state index is 6.35. The number of hydrogen-bond donors (Lipinski definition) is 3. The number of nitrogen functional groups attached to an aromatic ring is 2. The molecule has 23 aromatic carbocycles. The molecule has 29 rings (SSSR count). The standard InChI is InChI=1S/C43H31NO.C28H19NO.C22H13BrO.C16H9BrO.C15H15N.C6H4Br2.C6H7N/c1-43(2)38-16-8-6-13-33(38)37-27-31(23-26-39(37)43)44(29-11-4-3-5-12-29)30-21-19-28(20-22-30)32-24-25-36-34-14-7-9-17-40(34)45-41-18-10-15-35(32)42(36)41;1-2-7-20(8-3-1)29-21-15-13-19(14-16-21)22-17-18-25-23-9-4-5-11-26(23)30-27-12-6-10-24(22)28(25)27;23-15-10-8-14(9-11-15)16-12-13-19-17-4-1-2-6-20(17)24-21-7-3-5-18(16)22(19)21;17-13-9-8-11-10-4-1-2-6-14(10)18-15-7-3-5-12(13)16(11)15;1-15(2)13-6-4-3-5-11(13)12-9-10(16)7-8-14(12)15;7-5-1-2-6(8)4-3-5;7-6-4-2-1-3-5-6/h3-27H,1-2H3;1-18,29H;1-13H;1-9H;3-9H,16H2,1-2H3;1-4H;1-5H,7H2. The van der Waals surface area contributed by atoms with Crippen LogP contribution in [0.15, 0.2) is 509 Å². The van der Waals surface area contributed by atoms with Gasteiger partial charge in [-0.3, -0.25) is 0 Å². The van der Waals surface area contributed by atoms with E-state index in [4.69, 9.17) is 30.4 Å². The van der Waals surface area contributed by atoms with Crippen molar-refractivity contribution in [2.75, 3.05) is 21.7 Å². The molecule has 0 radical (unpaired) electrons. The number of nitrogens with one attached hydrogen (secondary N) is 1. The molecule has 0 bridgehead atoms. The molecule has 2 aliphatic carbocycles. The highest BCUT2D eigenvalue weighted by Crippen LogP contribution is 2.57. The summed E-state index contributed by atoms with van der Waals surface area (Å²) < 4.78 is 29.1. The van der Waals surface area contributed by atoms with E-state index in [1.807, 2.05) is 152 Å². The Hall–Kier alpha value is -16.6. The third-order valence-electron chi connectivity index (χ3n) is 28.4. The summed E-state index contributed by atoms with van der Waals surface area (Å²) in [7, 11) is 0. The first-order valence-electron chi connectivity index (χ1n) is 49.5. The van der Waals surface area contributed by atoms with Crippen LogP contribution in [0.4, 0.5) is 39.8 Å². The fourth-order valence-corrected chi connectivity index (χ4v) is 22.6. The van der Waals surface area contributed by atoms with Gasteiger partial charge < -0.3 is 40.6 Å². The molecule has 148 heavy (non-hydrogen) atoms. The predicted octanol–water partition coefficient (Wildman–Crippen LogP) is 40.6. The summed E-state index contributed by atoms with van der Waals surface area (Å²) in [6.45, 7) is 9.21. The molecule has 714 valence electrons. The average Bonchev–Trinajstić information content (AvgIpc) is 1.54. The van der Waals surface area contributed by atoms with Crippen LogP contribution in [-0.4, -0.2) is 0 Å². The molecule has 0 atom stereocenters. The Bertz CT molecular complexity index is 8970. The van der Waals surface area contributed by atoms with Gasteiger partial charge in [0, 0.05) is 118 Å². The molecule has 0 saturated heterocycles. The van der Waals surface area contributed by atoms with Crippen molar-refractivity contribution in [2.45, 2.75) is 38.5 Å². The molecular formula is C136H98Br4N4O4. The molecule has 4 heterocycles. The van der Waals surface area contributed by atoms with Gasteiger partial charge in [0.25, 0.3) is 0 Å². The monoisotopic (exact) mass is 2170 g/mol. The molecular weight excluding hydrogens is 2070 g/mol. The number of nitrogens with two attached hydrogens (primary N) is 2. The number of ether oxygens (including phenoxy) is 4. The topological polar surface area (TPSA) is 104 Å². The number of benzene rings is 23. The summed E-state index contributed by atoms with van der Waals surface area (Å²) in [6.07, 6.45) is 0. The van der Waals surface area contributed by atoms with E-state index in [9.17, 15) is 0 Å². The van der Waals surface area contributed by atoms with Crippen LogP contribution in [0.3, 0.4) is 0 Å². The summed E-state index contributed by atoms with van der Waals surface area (Å²) in [5, 5.41) is 13.0. The summed E-state index contributed by atoms with van der Waals surface area (Å²) in [5.74, 6) is 7.38. The smallest absolute Gasteiger partial charge is 0.135 e. The van der Waals surface area contributed by atoms with Crippen molar-refractivity contribution in [3.05, 3.63) is 532 Å². The average molecular weight is 2170 g/mol. The minimum absolute atomic E-state index is 0.0184. The second-order valence-electron chi connectivity index (χ2n) is 38.2. The first-order chi connectivity index (χ1) is 72.4. The lowest BCUT2D eigenvalue weighted by atomic mass is 9.82. The molecule has 12 heteroatoms. The van der Waals surface area contributed by atoms with Gasteiger partial charge in [0.1, 0.15) is 46.0 Å². The van der Waals surface area contributed by atoms with Crippen LogP contribution in [0.5, 0.6) is 46.0 Å². The van der Waals surface area contributed by atoms with Crippen molar-refractivity contribution in [2.24, 2.45) is 0 Å². The van der Waals surface area contributed by atoms with E-state index in [1.165, 1.54) is 143 Å². The van der Waals surface area contributed by atoms with Crippen LogP contribution in [0.1, 0.15) is 49.9 Å². The van der Waals surface area contributed by atoms with E-state index in [0.29, 0.717) is 0 Å². The van der Waals surface area contributed by atoms with Crippen molar-refractivity contribution < 1.29 is 18.9 Å². The summed E-state index contributed by atoms with van der Waals surface area (Å²) in [6, 6.07) is 171. The van der Waals surface area contributed by atoms with Crippen LogP contribution >= 0.6 is 63.7 Å². The van der Waals surface area contributed by atoms with E-state index >= 15 is 0 Å². The van der Waals surface area contributed by atoms with E-state index in [1.54, 1.807) is 0 Å². The summed E-state index contributed by atoms with van der Waals surface area (Å²) in [5.41, 5.74) is 46.1. The van der Waals surface area contributed by atoms with Gasteiger partial charge >= 0.3 is 0 Å². The molecule has 0 unspecified atom stereocenters. The third kappa shape index (κ3) is 18.5. The van der Waals surface area contributed by atoms with E-state index in [0.717, 1.165) is 126 Å². The highest BCUT2D eigenvalue weighted by atomic mass is 79.9. The molecule has 0 saturated carbocycles. The van der Waals surface area contributed by atoms with Gasteiger partial charge in [-0.2, -0.15) is 0 Å². The zero-order valence-electron chi connectivity index (χ0n) is 81.5. The van der Waals surface area contributed by atoms with Gasteiger partial charge in [-0.25, -0.2) is 0 Å². The lowest BCUT2D eigenvalue weighted by Gasteiger charge is -2.27. The Morgan fingerprint density at radius 3 is 0.905 bits per heavy atom. The highest BCUT2D eigenvalue weighted by Gasteiger charge is 2.38. The van der Waals surface area contributed by atoms with Gasteiger partial charge in [-0.05, 0) is 292 Å². The van der Waals surface area contributed by atoms with Crippen LogP contribution < -0.4 is 40.6 Å². The summed E-state index contributed by atoms with van der Waals surface area (Å²) in [4.78, 5) is 2.36. The van der Waals surface area contributed by atoms with Crippen LogP contribution in [0, 0.1) is 0 Å². The zero-order valence-corrected chi connectivity index (χ0v) is 87.9. The third-order valence-corrected chi connectivity index (χ3v) is 30.7. The Morgan fingerprint density at radius 2 is 0.493 bits per heavy atom. The molecule has 0 fully saturated rings. The Balaban J connectivity index is 0.000000102. The van der Waals surface area contributed by atoms with Crippen molar-refractivity contribution in [3.8, 4) is 146 Å². The second-order valence-corrected chi connectivity index (χ2v) is 41.8. The SMILES string of the molecule is Brc1ccc(-c2ccc3c4c(cccc24)Oc2ccccc2-3)cc1.Brc1ccc(Br)cc1.Brc1ccc2c3c(cccc13)Oc1ccccc1-2.CC1(C)c2ccccc2-c2cc(N(c3ccccc3)c3ccc(-c4ccc5c6c(cccc46)Oc4ccccc4-5)cc3)ccc21.CC1(C)c2ccccc2-c2cc(N)ccc21.Nc1ccccc1.c1ccc(Nc2ccc(-c3ccc4c5c(cccc35)Oc3ccccc3-4)cc2)cc1. The molecule has 0 amide bonds. The molecule has 5 N–H and O–H groups in total. The van der Waals surface area contributed by atoms with E-state index < -0.39 is 0 Å².